The van der Waals surface area contributed by atoms with E-state index in [1.54, 1.807) is 0 Å². The second kappa shape index (κ2) is 7.71. The van der Waals surface area contributed by atoms with Crippen molar-refractivity contribution in [2.45, 2.75) is 52.5 Å². The van der Waals surface area contributed by atoms with Gasteiger partial charge in [0.05, 0.1) is 6.61 Å². The molecule has 1 aromatic heterocycles. The molecule has 3 aromatic rings. The summed E-state index contributed by atoms with van der Waals surface area (Å²) in [6.45, 7) is 6.09. The molecule has 0 bridgehead atoms. The number of fused-ring (bicyclic) bond motifs is 4. The summed E-state index contributed by atoms with van der Waals surface area (Å²) in [6, 6.07) is 10.4. The van der Waals surface area contributed by atoms with Crippen LogP contribution < -0.4 is 20.0 Å². The summed E-state index contributed by atoms with van der Waals surface area (Å²) in [7, 11) is 0. The predicted octanol–water partition coefficient (Wildman–Crippen LogP) is 5.13. The van der Waals surface area contributed by atoms with E-state index in [1.165, 1.54) is 0 Å². The van der Waals surface area contributed by atoms with Crippen LogP contribution in [0.3, 0.4) is 0 Å². The normalized spacial score (nSPS) is 15.1. The molecule has 2 aromatic carbocycles. The molecule has 30 heavy (non-hydrogen) atoms. The zero-order chi connectivity index (χ0) is 20.7. The Balaban J connectivity index is 1.49. The fourth-order valence-electron chi connectivity index (χ4n) is 4.61. The van der Waals surface area contributed by atoms with E-state index in [2.05, 4.69) is 30.0 Å². The van der Waals surface area contributed by atoms with E-state index in [0.717, 1.165) is 90.1 Å². The largest absolute Gasteiger partial charge is 0.494 e. The molecular weight excluding hydrogens is 378 g/mol. The molecule has 1 aliphatic heterocycles. The molecule has 156 valence electrons. The summed E-state index contributed by atoms with van der Waals surface area (Å²) in [5.74, 6) is 1.73. The highest BCUT2D eigenvalue weighted by Crippen LogP contribution is 2.39. The number of unbranched alkanes of at least 4 members (excludes halogenated alkanes) is 1. The summed E-state index contributed by atoms with van der Waals surface area (Å²) in [5.41, 5.74) is 5.65. The van der Waals surface area contributed by atoms with Crippen LogP contribution in [0.25, 0.3) is 11.0 Å². The number of hydrogen-bond donors (Lipinski definition) is 0. The summed E-state index contributed by atoms with van der Waals surface area (Å²) < 4.78 is 17.7. The third-order valence-electron chi connectivity index (χ3n) is 6.20. The van der Waals surface area contributed by atoms with Crippen LogP contribution in [0.2, 0.25) is 0 Å². The van der Waals surface area contributed by atoms with Crippen molar-refractivity contribution in [2.24, 2.45) is 0 Å². The molecule has 5 heteroatoms. The lowest BCUT2D eigenvalue weighted by atomic mass is 9.99. The minimum Gasteiger partial charge on any atom is -0.494 e. The van der Waals surface area contributed by atoms with Crippen LogP contribution in [-0.4, -0.2) is 13.3 Å². The lowest BCUT2D eigenvalue weighted by molar-refractivity contribution is 0.286. The number of aryl methyl sites for hydroxylation is 2. The SMILES string of the molecule is CCCCOc1cccc(N2COc3c(cc4c5c(c(=O)oc4c3C)CCC5)C2)c1. The fraction of sp³-hybridized carbons (Fsp3) is 0.400. The lowest BCUT2D eigenvalue weighted by Gasteiger charge is -2.32. The van der Waals surface area contributed by atoms with Crippen molar-refractivity contribution in [1.29, 1.82) is 0 Å². The number of anilines is 1. The second-order valence-electron chi connectivity index (χ2n) is 8.24. The molecule has 0 saturated heterocycles. The third kappa shape index (κ3) is 3.22. The quantitative estimate of drug-likeness (QED) is 0.435. The molecule has 0 atom stereocenters. The standard InChI is InChI=1S/C25H27NO4/c1-3-4-11-28-19-8-5-7-18(13-19)26-14-17-12-22-20-9-6-10-21(20)25(27)30-24(22)16(2)23(17)29-15-26/h5,7-8,12-13H,3-4,6,9-11,14-15H2,1-2H3. The van der Waals surface area contributed by atoms with Crippen molar-refractivity contribution >= 4 is 16.7 Å². The van der Waals surface area contributed by atoms with Gasteiger partial charge in [-0.25, -0.2) is 4.79 Å². The van der Waals surface area contributed by atoms with Crippen LogP contribution >= 0.6 is 0 Å². The van der Waals surface area contributed by atoms with Gasteiger partial charge < -0.3 is 18.8 Å². The smallest absolute Gasteiger partial charge is 0.339 e. The molecule has 0 amide bonds. The van der Waals surface area contributed by atoms with Gasteiger partial charge in [0.1, 0.15) is 17.1 Å². The second-order valence-corrected chi connectivity index (χ2v) is 8.24. The van der Waals surface area contributed by atoms with Crippen molar-refractivity contribution in [3.05, 3.63) is 63.0 Å². The van der Waals surface area contributed by atoms with Gasteiger partial charge in [-0.05, 0) is 56.4 Å². The van der Waals surface area contributed by atoms with Crippen molar-refractivity contribution in [1.82, 2.24) is 0 Å². The van der Waals surface area contributed by atoms with E-state index in [4.69, 9.17) is 13.9 Å². The number of rotatable bonds is 5. The highest BCUT2D eigenvalue weighted by Gasteiger charge is 2.26. The number of benzene rings is 2. The van der Waals surface area contributed by atoms with Crippen molar-refractivity contribution in [2.75, 3.05) is 18.2 Å². The number of nitrogens with zero attached hydrogens (tertiary/aromatic N) is 1. The molecule has 0 unspecified atom stereocenters. The molecule has 0 spiro atoms. The zero-order valence-corrected chi connectivity index (χ0v) is 17.6. The van der Waals surface area contributed by atoms with Gasteiger partial charge in [-0.3, -0.25) is 0 Å². The number of ether oxygens (including phenoxy) is 2. The van der Waals surface area contributed by atoms with Gasteiger partial charge in [0.25, 0.3) is 0 Å². The Hall–Kier alpha value is -2.95. The first-order chi connectivity index (χ1) is 14.7. The Bertz CT molecular complexity index is 1160. The molecule has 1 aliphatic carbocycles. The molecular formula is C25H27NO4. The van der Waals surface area contributed by atoms with Gasteiger partial charge >= 0.3 is 5.63 Å². The maximum Gasteiger partial charge on any atom is 0.339 e. The fourth-order valence-corrected chi connectivity index (χ4v) is 4.61. The molecule has 0 fully saturated rings. The van der Waals surface area contributed by atoms with E-state index in [1.807, 2.05) is 19.1 Å². The molecule has 0 radical (unpaired) electrons. The van der Waals surface area contributed by atoms with Gasteiger partial charge in [-0.1, -0.05) is 19.4 Å². The summed E-state index contributed by atoms with van der Waals surface area (Å²) in [6.07, 6.45) is 4.95. The highest BCUT2D eigenvalue weighted by atomic mass is 16.5. The molecule has 2 aliphatic rings. The highest BCUT2D eigenvalue weighted by molar-refractivity contribution is 5.88. The third-order valence-corrected chi connectivity index (χ3v) is 6.20. The molecule has 0 N–H and O–H groups in total. The lowest BCUT2D eigenvalue weighted by Crippen LogP contribution is -2.32. The van der Waals surface area contributed by atoms with Crippen molar-refractivity contribution in [3.63, 3.8) is 0 Å². The molecule has 5 nitrogen and oxygen atoms in total. The Morgan fingerprint density at radius 3 is 2.90 bits per heavy atom. The van der Waals surface area contributed by atoms with Crippen LogP contribution in [0.4, 0.5) is 5.69 Å². The minimum atomic E-state index is -0.185. The molecule has 2 heterocycles. The predicted molar refractivity (Wildman–Crippen MR) is 118 cm³/mol. The summed E-state index contributed by atoms with van der Waals surface area (Å²) >= 11 is 0. The van der Waals surface area contributed by atoms with Crippen LogP contribution in [0.1, 0.15) is 48.4 Å². The Labute approximate surface area is 176 Å². The maximum atomic E-state index is 12.4. The average molecular weight is 405 g/mol. The van der Waals surface area contributed by atoms with Gasteiger partial charge in [0.2, 0.25) is 0 Å². The monoisotopic (exact) mass is 405 g/mol. The van der Waals surface area contributed by atoms with Gasteiger partial charge in [0, 0.05) is 40.4 Å². The van der Waals surface area contributed by atoms with Gasteiger partial charge in [-0.2, -0.15) is 0 Å². The topological polar surface area (TPSA) is 51.9 Å². The molecule has 0 saturated carbocycles. The van der Waals surface area contributed by atoms with E-state index in [-0.39, 0.29) is 5.63 Å². The van der Waals surface area contributed by atoms with Gasteiger partial charge in [-0.15, -0.1) is 0 Å². The Kier molecular flexibility index (Phi) is 4.89. The Morgan fingerprint density at radius 2 is 2.03 bits per heavy atom. The van der Waals surface area contributed by atoms with E-state index in [9.17, 15) is 4.79 Å². The minimum absolute atomic E-state index is 0.185. The van der Waals surface area contributed by atoms with Gasteiger partial charge in [0.15, 0.2) is 6.73 Å². The zero-order valence-electron chi connectivity index (χ0n) is 17.6. The van der Waals surface area contributed by atoms with Crippen LogP contribution in [0, 0.1) is 6.92 Å². The van der Waals surface area contributed by atoms with Crippen LogP contribution in [0.5, 0.6) is 11.5 Å². The Morgan fingerprint density at radius 1 is 1.17 bits per heavy atom. The summed E-state index contributed by atoms with van der Waals surface area (Å²) in [4.78, 5) is 14.6. The van der Waals surface area contributed by atoms with Crippen molar-refractivity contribution in [3.8, 4) is 11.5 Å². The first kappa shape index (κ1) is 19.0. The van der Waals surface area contributed by atoms with Crippen LogP contribution in [-0.2, 0) is 19.4 Å². The van der Waals surface area contributed by atoms with E-state index in [0.29, 0.717) is 12.3 Å². The van der Waals surface area contributed by atoms with E-state index < -0.39 is 0 Å². The summed E-state index contributed by atoms with van der Waals surface area (Å²) in [5, 5.41) is 1.07. The average Bonchev–Trinajstić information content (AvgIpc) is 3.26. The van der Waals surface area contributed by atoms with Crippen molar-refractivity contribution < 1.29 is 13.9 Å². The maximum absolute atomic E-state index is 12.4. The van der Waals surface area contributed by atoms with E-state index >= 15 is 0 Å². The van der Waals surface area contributed by atoms with Crippen LogP contribution in [0.15, 0.2) is 39.5 Å². The first-order valence-electron chi connectivity index (χ1n) is 10.9. The first-order valence-corrected chi connectivity index (χ1v) is 10.9. The number of hydrogen-bond acceptors (Lipinski definition) is 5. The molecule has 5 rings (SSSR count).